The van der Waals surface area contributed by atoms with Gasteiger partial charge in [0, 0.05) is 56.6 Å². The van der Waals surface area contributed by atoms with E-state index < -0.39 is 267 Å². The fourth-order valence-corrected chi connectivity index (χ4v) is 12.3. The van der Waals surface area contributed by atoms with Crippen molar-refractivity contribution in [2.24, 2.45) is 23.1 Å². The molecule has 2 heterocycles. The van der Waals surface area contributed by atoms with Crippen LogP contribution >= 0.6 is 0 Å². The van der Waals surface area contributed by atoms with Crippen molar-refractivity contribution < 1.29 is 131 Å². The second-order valence-corrected chi connectivity index (χ2v) is 28.8. The van der Waals surface area contributed by atoms with E-state index in [1.54, 1.807) is 37.4 Å². The molecule has 25 N–H and O–H groups in total. The zero-order chi connectivity index (χ0) is 89.5. The number of carboxylic acid groups (broad SMARTS) is 4. The number of hydrogen-bond donors (Lipinski definition) is 22. The molecule has 0 aliphatic carbocycles. The Balaban J connectivity index is 2.27. The maximum Gasteiger partial charge on any atom is 0.335 e. The number of carbonyl (C=O) groups is 20. The minimum Gasteiger partial charge on any atom is -0.481 e. The quantitative estimate of drug-likeness (QED) is 0.0219. The van der Waals surface area contributed by atoms with E-state index in [1.807, 2.05) is 10.6 Å². The highest BCUT2D eigenvalue weighted by Gasteiger charge is 2.44. The van der Waals surface area contributed by atoms with Gasteiger partial charge >= 0.3 is 35.9 Å². The molecule has 16 atom stereocenters. The molecule has 2 unspecified atom stereocenters. The van der Waals surface area contributed by atoms with E-state index in [4.69, 9.17) is 26.7 Å². The molecule has 1 aliphatic rings. The maximum absolute atomic E-state index is 15.0. The summed E-state index contributed by atoms with van der Waals surface area (Å²) in [5.74, 6) is -29.1. The fraction of sp³-hybridized carbons (Fsp3) is 0.622. The van der Waals surface area contributed by atoms with E-state index in [-0.39, 0.29) is 38.6 Å². The van der Waals surface area contributed by atoms with Gasteiger partial charge in [0.2, 0.25) is 82.7 Å². The molecule has 0 spiro atoms. The summed E-state index contributed by atoms with van der Waals surface area (Å²) in [5, 5.41) is 80.9. The van der Waals surface area contributed by atoms with E-state index in [0.717, 1.165) is 73.0 Å². The number of amides is 16. The molecule has 1 aromatic carbocycles. The number of H-pyrrole nitrogens is 1. The van der Waals surface area contributed by atoms with Crippen molar-refractivity contribution in [1.29, 1.82) is 0 Å². The number of fused-ring (bicyclic) bond motifs is 1. The van der Waals surface area contributed by atoms with Crippen molar-refractivity contribution in [2.75, 3.05) is 33.8 Å². The summed E-state index contributed by atoms with van der Waals surface area (Å²) in [6, 6.07) is -17.1. The number of nitrogens with zero attached hydrogens (tertiary/aromatic N) is 1. The summed E-state index contributed by atoms with van der Waals surface area (Å²) in [4.78, 5) is 278. The Kier molecular flexibility index (Phi) is 43.4. The van der Waals surface area contributed by atoms with Gasteiger partial charge in [-0.25, -0.2) is 14.4 Å². The van der Waals surface area contributed by atoms with Gasteiger partial charge < -0.3 is 131 Å². The van der Waals surface area contributed by atoms with E-state index in [2.05, 4.69) is 70.4 Å². The number of benzene rings is 1. The van der Waals surface area contributed by atoms with Crippen molar-refractivity contribution in [3.05, 3.63) is 36.0 Å². The average Bonchev–Trinajstić information content (AvgIpc) is 1.77. The van der Waals surface area contributed by atoms with Crippen LogP contribution in [0.25, 0.3) is 10.9 Å². The monoisotopic (exact) mass is 1690 g/mol. The molecule has 0 bridgehead atoms. The maximum atomic E-state index is 15.0. The Labute approximate surface area is 684 Å². The second-order valence-electron chi connectivity index (χ2n) is 28.8. The Morgan fingerprint density at radius 1 is 0.613 bits per heavy atom. The lowest BCUT2D eigenvalue weighted by Crippen LogP contribution is -2.64. The van der Waals surface area contributed by atoms with E-state index >= 15 is 4.79 Å². The number of unbranched alkanes of at least 4 members (excludes halogenated alkanes) is 7. The molecular weight excluding hydrogens is 1570 g/mol. The third kappa shape index (κ3) is 34.9. The highest BCUT2D eigenvalue weighted by atomic mass is 16.5. The lowest BCUT2D eigenvalue weighted by atomic mass is 9.98. The molecule has 1 saturated heterocycles. The Morgan fingerprint density at radius 2 is 1.19 bits per heavy atom. The third-order valence-electron chi connectivity index (χ3n) is 19.2. The number of carbonyl (C=O) groups excluding carboxylic acids is 16. The van der Waals surface area contributed by atoms with Crippen molar-refractivity contribution in [3.63, 3.8) is 0 Å². The number of aliphatic hydroxyl groups is 1. The number of primary amides is 2. The van der Waals surface area contributed by atoms with Gasteiger partial charge in [0.25, 0.3) is 0 Å². The number of para-hydroxylation sites is 1. The number of esters is 1. The molecular formula is C74H114N18O27. The highest BCUT2D eigenvalue weighted by molar-refractivity contribution is 6.02. The van der Waals surface area contributed by atoms with Gasteiger partial charge in [0.15, 0.2) is 12.2 Å². The SMILES string of the molecule is CCCCCCCCC[C@H](C)NC(=O)N[C@@H](Cc1c[nH]c2ccccc12)C(=O)N[C@H](CCC(=O)O)C(=O)N[C@H](C(=O)N[C@H]1C(=O)N(C)CC(=O)N[C@@H](C)C(=O)N[C@@H](CC(=O)O)C(=O)N[C@H](CCCCN)C(=O)N[C@@H](C(OC)C(=O)O)C(=O)NCC(=O)N[C@H](CC(N)=O)C(=O)N[C@@H](CCC(=O)O)C(=O)N[C@@H]([C@@H](C)CC)C(=O)O[C@@H]1C)C(O)C(N)=O. The topological polar surface area (TPSA) is 714 Å². The van der Waals surface area contributed by atoms with Crippen LogP contribution in [0.1, 0.15) is 163 Å². The molecule has 2 aromatic rings. The van der Waals surface area contributed by atoms with Crippen LogP contribution in [0.3, 0.4) is 0 Å². The number of nitrogens with two attached hydrogens (primary N) is 3. The smallest absolute Gasteiger partial charge is 0.335 e. The van der Waals surface area contributed by atoms with Crippen LogP contribution in [0.15, 0.2) is 30.5 Å². The number of carboxylic acids is 4. The van der Waals surface area contributed by atoms with Crippen LogP contribution in [0.5, 0.6) is 0 Å². The molecule has 3 rings (SSSR count). The van der Waals surface area contributed by atoms with Gasteiger partial charge in [-0.2, -0.15) is 0 Å². The van der Waals surface area contributed by atoms with Crippen molar-refractivity contribution in [1.82, 2.24) is 79.0 Å². The summed E-state index contributed by atoms with van der Waals surface area (Å²) in [7, 11) is 1.70. The summed E-state index contributed by atoms with van der Waals surface area (Å²) in [5.41, 5.74) is 17.7. The average molecular weight is 1690 g/mol. The summed E-state index contributed by atoms with van der Waals surface area (Å²) >= 11 is 0. The molecule has 45 heteroatoms. The van der Waals surface area contributed by atoms with Crippen molar-refractivity contribution >= 4 is 129 Å². The van der Waals surface area contributed by atoms with Crippen LogP contribution < -0.4 is 86.3 Å². The predicted molar refractivity (Wildman–Crippen MR) is 417 cm³/mol. The number of aromatic nitrogens is 1. The van der Waals surface area contributed by atoms with Crippen LogP contribution in [0.4, 0.5) is 4.79 Å². The summed E-state index contributed by atoms with van der Waals surface area (Å²) in [6.07, 6.45) is -4.32. The molecule has 119 heavy (non-hydrogen) atoms. The molecule has 662 valence electrons. The number of ether oxygens (including phenoxy) is 2. The number of aliphatic carboxylic acids is 4. The second kappa shape index (κ2) is 51.1. The number of cyclic esters (lactones) is 1. The predicted octanol–water partition coefficient (Wildman–Crippen LogP) is -5.50. The highest BCUT2D eigenvalue weighted by Crippen LogP contribution is 2.21. The van der Waals surface area contributed by atoms with Gasteiger partial charge in [-0.05, 0) is 83.4 Å². The first-order valence-corrected chi connectivity index (χ1v) is 38.8. The number of urea groups is 1. The van der Waals surface area contributed by atoms with Gasteiger partial charge in [0.1, 0.15) is 72.6 Å². The molecule has 0 saturated carbocycles. The number of likely N-dealkylation sites (N-methyl/N-ethyl adjacent to an activating group) is 1. The van der Waals surface area contributed by atoms with E-state index in [9.17, 15) is 117 Å². The first kappa shape index (κ1) is 101. The van der Waals surface area contributed by atoms with Crippen LogP contribution in [0.2, 0.25) is 0 Å². The first-order valence-electron chi connectivity index (χ1n) is 38.8. The molecule has 1 aromatic heterocycles. The Bertz CT molecular complexity index is 3920. The Morgan fingerprint density at radius 3 is 1.77 bits per heavy atom. The molecule has 1 fully saturated rings. The Hall–Kier alpha value is -12.2. The largest absolute Gasteiger partial charge is 0.481 e. The lowest BCUT2D eigenvalue weighted by molar-refractivity contribution is -0.159. The zero-order valence-corrected chi connectivity index (χ0v) is 67.6. The van der Waals surface area contributed by atoms with E-state index in [1.165, 1.54) is 13.8 Å². The minimum absolute atomic E-state index is 0.00397. The molecule has 1 aliphatic heterocycles. The van der Waals surface area contributed by atoms with E-state index in [0.29, 0.717) is 27.8 Å². The van der Waals surface area contributed by atoms with Crippen LogP contribution in [-0.2, 0) is 107 Å². The summed E-state index contributed by atoms with van der Waals surface area (Å²) in [6.45, 7) is 6.30. The molecule has 0 radical (unpaired) electrons. The van der Waals surface area contributed by atoms with Gasteiger partial charge in [-0.1, -0.05) is 90.3 Å². The normalized spacial score (nSPS) is 21.8. The van der Waals surface area contributed by atoms with Crippen LogP contribution in [0, 0.1) is 5.92 Å². The number of methoxy groups -OCH3 is 1. The number of nitrogens with one attached hydrogen (secondary N) is 14. The lowest BCUT2D eigenvalue weighted by Gasteiger charge is -2.32. The van der Waals surface area contributed by atoms with Crippen molar-refractivity contribution in [3.8, 4) is 0 Å². The number of rotatable bonds is 39. The van der Waals surface area contributed by atoms with Gasteiger partial charge in [0.05, 0.1) is 25.9 Å². The number of hydrogen-bond acceptors (Lipinski definition) is 24. The summed E-state index contributed by atoms with van der Waals surface area (Å²) < 4.78 is 10.7. The molecule has 16 amide bonds. The third-order valence-corrected chi connectivity index (χ3v) is 19.2. The van der Waals surface area contributed by atoms with Crippen LogP contribution in [-0.4, -0.2) is 279 Å². The minimum atomic E-state index is -2.81. The van der Waals surface area contributed by atoms with Crippen molar-refractivity contribution in [2.45, 2.75) is 254 Å². The molecule has 45 nitrogen and oxygen atoms in total. The van der Waals surface area contributed by atoms with Gasteiger partial charge in [-0.3, -0.25) is 81.5 Å². The zero-order valence-electron chi connectivity index (χ0n) is 67.6. The first-order chi connectivity index (χ1) is 56.1. The number of aliphatic hydroxyl groups excluding tert-OH is 1. The van der Waals surface area contributed by atoms with Gasteiger partial charge in [-0.15, -0.1) is 0 Å². The number of aromatic amines is 1. The fourth-order valence-electron chi connectivity index (χ4n) is 12.3. The standard InChI is InChI=1S/C74H114N18O27/c1-9-11-12-13-14-15-16-21-37(4)80-74(117)87-46(30-40-33-78-42-23-18-17-22-41(40)42)66(108)84-45(26-28-53(98)99)65(107)90-57(59(102)61(77)103)70(112)89-56-39(6)119-73(116)55(36(3)10-2)88-64(106)44(25-27-52(96)97)85-67(109)47(31-49(76)93)82-50(94)34-79-69(111)58(60(118-8)72(114)115)91-63(105)43(24-19-20-29-75)83-68(110)48(32-54(100)101)86-62(104)38(5)81-51(95)35-92(7)71(56)113/h17-18,22-23,33,36-39,43-48,55-60,78,102H,9-16,19-21,24-32,34-35,75H2,1-8H3,(H2,76,93)(H2,77,103)(H,79,111)(H,81,95)(H,82,94)(H,83,110)(H,84,108)(H,85,109)(H,86,104)(H,88,106)(H,89,112)(H,90,107)(H,91,105)(H,96,97)(H,98,99)(H,100,101)(H,114,115)(H2,80,87,117)/t36-,37-,38-,39+,43+,44-,45+,46-,47+,48-,55-,56+,57-,58-,59?,60?/m0/s1.